The Hall–Kier alpha value is 0.382. The van der Waals surface area contributed by atoms with Crippen molar-refractivity contribution in [2.24, 2.45) is 0 Å². The van der Waals surface area contributed by atoms with Gasteiger partial charge in [-0.3, -0.25) is 4.52 Å². The molecule has 0 fully saturated rings. The largest absolute Gasteiger partial charge is 0.469 e. The van der Waals surface area contributed by atoms with E-state index in [2.05, 4.69) is 23.6 Å². The fourth-order valence-corrected chi connectivity index (χ4v) is 2.90. The fraction of sp³-hybridized carbons (Fsp3) is 0.889. The molecule has 2 N–H and O–H groups in total. The molecule has 0 aliphatic carbocycles. The van der Waals surface area contributed by atoms with Gasteiger partial charge >= 0.3 is 7.82 Å². The highest BCUT2D eigenvalue weighted by Gasteiger charge is 2.12. The van der Waals surface area contributed by atoms with Gasteiger partial charge in [0, 0.05) is 0 Å². The van der Waals surface area contributed by atoms with E-state index < -0.39 is 7.82 Å². The summed E-state index contributed by atoms with van der Waals surface area (Å²) < 4.78 is 14.9. The smallest absolute Gasteiger partial charge is 0.303 e. The van der Waals surface area contributed by atoms with Crippen LogP contribution in [0.5, 0.6) is 0 Å². The Morgan fingerprint density at radius 3 is 1.62 bits per heavy atom. The second-order valence-corrected chi connectivity index (χ2v) is 7.50. The van der Waals surface area contributed by atoms with Crippen LogP contribution in [0.3, 0.4) is 0 Å². The lowest BCUT2D eigenvalue weighted by Gasteiger charge is -2.04. The molecule has 0 aliphatic heterocycles. The first-order valence-electron chi connectivity index (χ1n) is 9.41. The van der Waals surface area contributed by atoms with E-state index in [1.807, 2.05) is 0 Å². The molecule has 0 aromatic heterocycles. The van der Waals surface area contributed by atoms with Crippen LogP contribution in [-0.4, -0.2) is 33.8 Å². The zero-order valence-electron chi connectivity index (χ0n) is 14.9. The Bertz CT molecular complexity index is 318. The molecule has 0 aromatic carbocycles. The summed E-state index contributed by atoms with van der Waals surface area (Å²) in [7, 11) is -4.26. The van der Waals surface area contributed by atoms with E-state index in [9.17, 15) is 4.57 Å². The lowest BCUT2D eigenvalue weighted by molar-refractivity contribution is 0.193. The van der Waals surface area contributed by atoms with E-state index in [0.29, 0.717) is 0 Å². The Labute approximate surface area is 159 Å². The van der Waals surface area contributed by atoms with Crippen LogP contribution in [0, 0.1) is 0 Å². The monoisotopic (exact) mass is 378 g/mol. The maximum atomic E-state index is 10.5. The summed E-state index contributed by atoms with van der Waals surface area (Å²) in [6, 6.07) is 0. The van der Waals surface area contributed by atoms with Crippen molar-refractivity contribution in [2.75, 3.05) is 6.61 Å². The number of hydrogen-bond donors (Lipinski definition) is 2. The van der Waals surface area contributed by atoms with Gasteiger partial charge in [-0.25, -0.2) is 4.57 Å². The molecular weight excluding hydrogens is 338 g/mol. The predicted molar refractivity (Wildman–Crippen MR) is 107 cm³/mol. The highest BCUT2D eigenvalue weighted by Crippen LogP contribution is 2.35. The summed E-state index contributed by atoms with van der Waals surface area (Å²) in [6.07, 6.45) is 21.7. The Kier molecular flexibility index (Phi) is 21.8. The Morgan fingerprint density at radius 1 is 0.750 bits per heavy atom. The number of rotatable bonds is 17. The third-order valence-corrected chi connectivity index (χ3v) is 4.43. The van der Waals surface area contributed by atoms with Crippen molar-refractivity contribution in [1.29, 1.82) is 0 Å². The molecule has 144 valence electrons. The van der Waals surface area contributed by atoms with Crippen LogP contribution in [0.25, 0.3) is 0 Å². The standard InChI is InChI=1S/C18H37O4P.Al.3H/c1-2-3-4-5-6-7-8-9-10-11-12-13-14-15-16-17-18-22-23(19,20)21;;;;/h9-10H,2-8,11-18H2,1H3,(H2,19,20,21);;;;/b10-9-;;;;. The summed E-state index contributed by atoms with van der Waals surface area (Å²) in [4.78, 5) is 17.1. The zero-order chi connectivity index (χ0) is 17.2. The SMILES string of the molecule is CCCCCCCC/C=C\CCCCCCCCOP(=O)(O)O.[AlH3]. The molecule has 6 heteroatoms. The molecule has 24 heavy (non-hydrogen) atoms. The second-order valence-electron chi connectivity index (χ2n) is 6.26. The van der Waals surface area contributed by atoms with E-state index in [0.717, 1.165) is 19.3 Å². The summed E-state index contributed by atoms with van der Waals surface area (Å²) in [6.45, 7) is 2.41. The number of unbranched alkanes of at least 4 members (excludes halogenated alkanes) is 12. The topological polar surface area (TPSA) is 66.8 Å². The highest BCUT2D eigenvalue weighted by atomic mass is 31.2. The number of phosphoric acid groups is 1. The van der Waals surface area contributed by atoms with E-state index in [1.54, 1.807) is 0 Å². The van der Waals surface area contributed by atoms with E-state index in [-0.39, 0.29) is 24.0 Å². The van der Waals surface area contributed by atoms with Crippen molar-refractivity contribution < 1.29 is 18.9 Å². The average molecular weight is 378 g/mol. The van der Waals surface area contributed by atoms with Gasteiger partial charge in [-0.15, -0.1) is 0 Å². The van der Waals surface area contributed by atoms with E-state index >= 15 is 0 Å². The summed E-state index contributed by atoms with van der Waals surface area (Å²) in [5, 5.41) is 0. The first-order valence-corrected chi connectivity index (χ1v) is 10.9. The van der Waals surface area contributed by atoms with Gasteiger partial charge in [-0.2, -0.15) is 0 Å². The van der Waals surface area contributed by atoms with Gasteiger partial charge in [-0.1, -0.05) is 76.9 Å². The van der Waals surface area contributed by atoms with Crippen molar-refractivity contribution in [3.05, 3.63) is 12.2 Å². The molecule has 0 saturated heterocycles. The van der Waals surface area contributed by atoms with Crippen molar-refractivity contribution >= 4 is 25.2 Å². The minimum atomic E-state index is -4.26. The number of phosphoric ester groups is 1. The van der Waals surface area contributed by atoms with Crippen LogP contribution >= 0.6 is 7.82 Å². The van der Waals surface area contributed by atoms with Gasteiger partial charge in [0.15, 0.2) is 17.4 Å². The van der Waals surface area contributed by atoms with Crippen LogP contribution in [0.15, 0.2) is 12.2 Å². The van der Waals surface area contributed by atoms with Crippen molar-refractivity contribution in [3.63, 3.8) is 0 Å². The van der Waals surface area contributed by atoms with Gasteiger partial charge in [0.05, 0.1) is 6.61 Å². The lowest BCUT2D eigenvalue weighted by Crippen LogP contribution is -1.92. The average Bonchev–Trinajstić information content (AvgIpc) is 2.49. The molecule has 0 radical (unpaired) electrons. The van der Waals surface area contributed by atoms with E-state index in [1.165, 1.54) is 70.6 Å². The lowest BCUT2D eigenvalue weighted by atomic mass is 10.1. The molecule has 0 amide bonds. The van der Waals surface area contributed by atoms with E-state index in [4.69, 9.17) is 9.79 Å². The fourth-order valence-electron chi connectivity index (χ4n) is 2.53. The first kappa shape index (κ1) is 26.6. The second kappa shape index (κ2) is 19.7. The maximum absolute atomic E-state index is 10.5. The minimum Gasteiger partial charge on any atom is -0.303 e. The van der Waals surface area contributed by atoms with Crippen molar-refractivity contribution in [3.8, 4) is 0 Å². The summed E-state index contributed by atoms with van der Waals surface area (Å²) in [5.74, 6) is 0. The molecule has 0 rings (SSSR count). The van der Waals surface area contributed by atoms with Gasteiger partial charge in [0.2, 0.25) is 0 Å². The van der Waals surface area contributed by atoms with Crippen LogP contribution in [-0.2, 0) is 9.09 Å². The maximum Gasteiger partial charge on any atom is 0.469 e. The molecule has 0 atom stereocenters. The van der Waals surface area contributed by atoms with Gasteiger partial charge in [0.1, 0.15) is 0 Å². The first-order chi connectivity index (χ1) is 11.1. The predicted octanol–water partition coefficient (Wildman–Crippen LogP) is 4.95. The quantitative estimate of drug-likeness (QED) is 0.163. The van der Waals surface area contributed by atoms with Crippen LogP contribution in [0.2, 0.25) is 0 Å². The number of hydrogen-bond acceptors (Lipinski definition) is 2. The van der Waals surface area contributed by atoms with Crippen molar-refractivity contribution in [1.82, 2.24) is 0 Å². The molecule has 0 heterocycles. The zero-order valence-corrected chi connectivity index (χ0v) is 15.8. The van der Waals surface area contributed by atoms with Gasteiger partial charge in [0.25, 0.3) is 0 Å². The van der Waals surface area contributed by atoms with Crippen molar-refractivity contribution in [2.45, 2.75) is 96.8 Å². The van der Waals surface area contributed by atoms with Crippen LogP contribution < -0.4 is 0 Å². The van der Waals surface area contributed by atoms with Crippen LogP contribution in [0.4, 0.5) is 0 Å². The minimum absolute atomic E-state index is 0. The molecule has 0 aromatic rings. The summed E-state index contributed by atoms with van der Waals surface area (Å²) >= 11 is 0. The van der Waals surface area contributed by atoms with Gasteiger partial charge in [-0.05, 0) is 32.1 Å². The Morgan fingerprint density at radius 2 is 1.17 bits per heavy atom. The molecule has 0 spiro atoms. The third-order valence-electron chi connectivity index (χ3n) is 3.92. The Balaban J connectivity index is 0. The third kappa shape index (κ3) is 24.6. The molecule has 0 saturated carbocycles. The molecule has 0 bridgehead atoms. The highest BCUT2D eigenvalue weighted by molar-refractivity contribution is 7.46. The van der Waals surface area contributed by atoms with Crippen LogP contribution in [0.1, 0.15) is 96.8 Å². The normalized spacial score (nSPS) is 11.8. The van der Waals surface area contributed by atoms with Gasteiger partial charge < -0.3 is 9.79 Å². The molecule has 0 unspecified atom stereocenters. The molecule has 4 nitrogen and oxygen atoms in total. The summed E-state index contributed by atoms with van der Waals surface area (Å²) in [5.41, 5.74) is 0. The number of allylic oxidation sites excluding steroid dienone is 2. The molecule has 0 aliphatic rings. The molecular formula is C18H40AlO4P.